The van der Waals surface area contributed by atoms with E-state index in [2.05, 4.69) is 10.9 Å². The summed E-state index contributed by atoms with van der Waals surface area (Å²) in [5, 5.41) is 10.8. The number of amides is 1. The highest BCUT2D eigenvalue weighted by molar-refractivity contribution is 5.98. The van der Waals surface area contributed by atoms with Gasteiger partial charge in [-0.3, -0.25) is 25.8 Å². The van der Waals surface area contributed by atoms with E-state index in [9.17, 15) is 19.3 Å². The average Bonchev–Trinajstić information content (AvgIpc) is 2.45. The summed E-state index contributed by atoms with van der Waals surface area (Å²) in [5.74, 6) is -1.87. The Balaban J connectivity index is 2.19. The average molecular weight is 275 g/mol. The molecular weight excluding hydrogens is 265 g/mol. The summed E-state index contributed by atoms with van der Waals surface area (Å²) < 4.78 is 13.6. The minimum atomic E-state index is -0.952. The van der Waals surface area contributed by atoms with Crippen LogP contribution in [-0.2, 0) is 0 Å². The molecule has 0 aliphatic rings. The number of nitrogens with one attached hydrogen (secondary N) is 2. The molecule has 1 amide bonds. The summed E-state index contributed by atoms with van der Waals surface area (Å²) in [5.41, 5.74) is 4.14. The van der Waals surface area contributed by atoms with Crippen molar-refractivity contribution in [3.63, 3.8) is 0 Å². The second-order valence-corrected chi connectivity index (χ2v) is 3.84. The van der Waals surface area contributed by atoms with E-state index in [0.717, 1.165) is 12.1 Å². The summed E-state index contributed by atoms with van der Waals surface area (Å²) in [6, 6.07) is 11.8. The Hall–Kier alpha value is -2.96. The summed E-state index contributed by atoms with van der Waals surface area (Å²) in [6.45, 7) is 0. The van der Waals surface area contributed by atoms with Gasteiger partial charge in [0.2, 0.25) is 0 Å². The van der Waals surface area contributed by atoms with Crippen molar-refractivity contribution in [2.24, 2.45) is 0 Å². The maximum absolute atomic E-state index is 13.6. The Morgan fingerprint density at radius 1 is 1.10 bits per heavy atom. The molecule has 6 nitrogen and oxygen atoms in total. The summed E-state index contributed by atoms with van der Waals surface area (Å²) in [6.07, 6.45) is 0. The zero-order valence-electron chi connectivity index (χ0n) is 10.2. The number of benzene rings is 2. The van der Waals surface area contributed by atoms with E-state index in [1.54, 1.807) is 30.3 Å². The normalized spacial score (nSPS) is 9.85. The van der Waals surface area contributed by atoms with Gasteiger partial charge in [-0.2, -0.15) is 0 Å². The van der Waals surface area contributed by atoms with Crippen LogP contribution in [0.2, 0.25) is 0 Å². The summed E-state index contributed by atoms with van der Waals surface area (Å²) in [4.78, 5) is 21.8. The first kappa shape index (κ1) is 13.5. The van der Waals surface area contributed by atoms with Crippen LogP contribution in [0.15, 0.2) is 48.5 Å². The van der Waals surface area contributed by atoms with Crippen LogP contribution in [0.1, 0.15) is 10.4 Å². The molecule has 0 bridgehead atoms. The number of nitro benzene ring substituents is 1. The molecule has 0 aliphatic carbocycles. The van der Waals surface area contributed by atoms with Crippen molar-refractivity contribution >= 4 is 17.3 Å². The van der Waals surface area contributed by atoms with Crippen molar-refractivity contribution in [2.75, 3.05) is 5.43 Å². The molecule has 2 N–H and O–H groups in total. The van der Waals surface area contributed by atoms with Gasteiger partial charge < -0.3 is 0 Å². The highest BCUT2D eigenvalue weighted by Gasteiger charge is 2.24. The lowest BCUT2D eigenvalue weighted by Crippen LogP contribution is -2.30. The Bertz CT molecular complexity index is 647. The summed E-state index contributed by atoms with van der Waals surface area (Å²) in [7, 11) is 0. The minimum absolute atomic E-state index is 0.569. The monoisotopic (exact) mass is 275 g/mol. The van der Waals surface area contributed by atoms with Gasteiger partial charge in [0.25, 0.3) is 11.6 Å². The lowest BCUT2D eigenvalue weighted by molar-refractivity contribution is -0.385. The van der Waals surface area contributed by atoms with Crippen LogP contribution < -0.4 is 10.9 Å². The molecule has 2 aromatic carbocycles. The number of para-hydroxylation sites is 1. The zero-order chi connectivity index (χ0) is 14.5. The third-order valence-corrected chi connectivity index (χ3v) is 2.51. The number of nitrogens with zero attached hydrogens (tertiary/aromatic N) is 1. The number of rotatable bonds is 4. The Labute approximate surface area is 113 Å². The van der Waals surface area contributed by atoms with Crippen molar-refractivity contribution in [1.82, 2.24) is 5.43 Å². The van der Waals surface area contributed by atoms with Crippen LogP contribution in [0.4, 0.5) is 15.8 Å². The molecule has 0 aliphatic heterocycles. The van der Waals surface area contributed by atoms with Crippen molar-refractivity contribution in [2.45, 2.75) is 0 Å². The fourth-order valence-corrected chi connectivity index (χ4v) is 1.60. The third-order valence-electron chi connectivity index (χ3n) is 2.51. The molecule has 0 radical (unpaired) electrons. The van der Waals surface area contributed by atoms with Gasteiger partial charge in [-0.1, -0.05) is 24.3 Å². The van der Waals surface area contributed by atoms with Gasteiger partial charge in [-0.05, 0) is 18.2 Å². The minimum Gasteiger partial charge on any atom is -0.298 e. The highest BCUT2D eigenvalue weighted by Crippen LogP contribution is 2.21. The van der Waals surface area contributed by atoms with Crippen LogP contribution >= 0.6 is 0 Å². The predicted molar refractivity (Wildman–Crippen MR) is 70.6 cm³/mol. The van der Waals surface area contributed by atoms with Gasteiger partial charge in [0.05, 0.1) is 10.6 Å². The number of halogens is 1. The first-order chi connectivity index (χ1) is 9.59. The summed E-state index contributed by atoms with van der Waals surface area (Å²) >= 11 is 0. The first-order valence-corrected chi connectivity index (χ1v) is 5.64. The number of hydrogen-bond donors (Lipinski definition) is 2. The zero-order valence-corrected chi connectivity index (χ0v) is 10.2. The van der Waals surface area contributed by atoms with E-state index in [4.69, 9.17) is 0 Å². The fraction of sp³-hybridized carbons (Fsp3) is 0. The Morgan fingerprint density at radius 3 is 2.45 bits per heavy atom. The molecule has 2 aromatic rings. The smallest absolute Gasteiger partial charge is 0.285 e. The topological polar surface area (TPSA) is 84.3 Å². The molecule has 0 fully saturated rings. The Kier molecular flexibility index (Phi) is 3.90. The van der Waals surface area contributed by atoms with Crippen LogP contribution in [0.25, 0.3) is 0 Å². The molecule has 0 saturated carbocycles. The van der Waals surface area contributed by atoms with E-state index in [1.807, 2.05) is 0 Å². The molecule has 0 spiro atoms. The molecule has 2 rings (SSSR count). The number of hydrazine groups is 1. The van der Waals surface area contributed by atoms with Crippen LogP contribution in [0.5, 0.6) is 0 Å². The van der Waals surface area contributed by atoms with E-state index < -0.39 is 27.9 Å². The van der Waals surface area contributed by atoms with Gasteiger partial charge in [-0.25, -0.2) is 4.39 Å². The number of carbonyl (C=O) groups is 1. The quantitative estimate of drug-likeness (QED) is 0.663. The maximum atomic E-state index is 13.6. The number of carbonyl (C=O) groups excluding carboxylic acids is 1. The van der Waals surface area contributed by atoms with Crippen molar-refractivity contribution in [1.29, 1.82) is 0 Å². The van der Waals surface area contributed by atoms with E-state index >= 15 is 0 Å². The first-order valence-electron chi connectivity index (χ1n) is 5.64. The third kappa shape index (κ3) is 2.89. The lowest BCUT2D eigenvalue weighted by atomic mass is 10.1. The second kappa shape index (κ2) is 5.79. The molecule has 102 valence electrons. The maximum Gasteiger partial charge on any atom is 0.285 e. The molecule has 0 atom stereocenters. The molecule has 0 unspecified atom stereocenters. The number of anilines is 1. The van der Waals surface area contributed by atoms with Crippen LogP contribution in [-0.4, -0.2) is 10.8 Å². The molecule has 0 heterocycles. The van der Waals surface area contributed by atoms with E-state index in [-0.39, 0.29) is 0 Å². The molecule has 20 heavy (non-hydrogen) atoms. The largest absolute Gasteiger partial charge is 0.298 e. The van der Waals surface area contributed by atoms with Gasteiger partial charge in [0.1, 0.15) is 5.82 Å². The van der Waals surface area contributed by atoms with Crippen LogP contribution in [0.3, 0.4) is 0 Å². The SMILES string of the molecule is O=C(NNc1ccccc1)c1c(F)cccc1[N+](=O)[O-]. The second-order valence-electron chi connectivity index (χ2n) is 3.84. The standard InChI is InChI=1S/C13H10FN3O3/c14-10-7-4-8-11(17(19)20)12(10)13(18)16-15-9-5-2-1-3-6-9/h1-8,15H,(H,16,18). The molecule has 0 saturated heterocycles. The number of hydrogen-bond acceptors (Lipinski definition) is 4. The molecule has 7 heteroatoms. The lowest BCUT2D eigenvalue weighted by Gasteiger charge is -2.09. The molecular formula is C13H10FN3O3. The van der Waals surface area contributed by atoms with Gasteiger partial charge in [0, 0.05) is 6.07 Å². The van der Waals surface area contributed by atoms with Crippen molar-refractivity contribution in [3.8, 4) is 0 Å². The highest BCUT2D eigenvalue weighted by atomic mass is 19.1. The Morgan fingerprint density at radius 2 is 1.80 bits per heavy atom. The van der Waals surface area contributed by atoms with Gasteiger partial charge >= 0.3 is 0 Å². The predicted octanol–water partition coefficient (Wildman–Crippen LogP) is 2.49. The van der Waals surface area contributed by atoms with Crippen molar-refractivity contribution in [3.05, 3.63) is 70.0 Å². The van der Waals surface area contributed by atoms with E-state index in [0.29, 0.717) is 5.69 Å². The number of nitro groups is 1. The van der Waals surface area contributed by atoms with Crippen molar-refractivity contribution < 1.29 is 14.1 Å². The van der Waals surface area contributed by atoms with E-state index in [1.165, 1.54) is 6.07 Å². The van der Waals surface area contributed by atoms with Crippen LogP contribution in [0, 0.1) is 15.9 Å². The molecule has 0 aromatic heterocycles. The van der Waals surface area contributed by atoms with Gasteiger partial charge in [-0.15, -0.1) is 0 Å². The van der Waals surface area contributed by atoms with Gasteiger partial charge in [0.15, 0.2) is 5.56 Å². The fourth-order valence-electron chi connectivity index (χ4n) is 1.60.